The van der Waals surface area contributed by atoms with Crippen LogP contribution in [0.25, 0.3) is 22.4 Å². The first-order valence-electron chi connectivity index (χ1n) is 7.31. The summed E-state index contributed by atoms with van der Waals surface area (Å²) in [5.74, 6) is 0.395. The molecular formula is C16H15N3O5S2. The van der Waals surface area contributed by atoms with Crippen LogP contribution < -0.4 is 10.3 Å². The summed E-state index contributed by atoms with van der Waals surface area (Å²) in [7, 11) is -7.79. The molecule has 1 heterocycles. The Bertz CT molecular complexity index is 1180. The summed E-state index contributed by atoms with van der Waals surface area (Å²) in [5.41, 5.74) is 1.70. The molecule has 0 atom stereocenters. The maximum atomic E-state index is 11.9. The minimum absolute atomic E-state index is 0.0482. The van der Waals surface area contributed by atoms with Crippen LogP contribution in [0, 0.1) is 6.92 Å². The number of primary sulfonamides is 2. The fourth-order valence-electron chi connectivity index (χ4n) is 2.61. The number of aryl methyl sites for hydroxylation is 1. The molecule has 3 rings (SSSR count). The van der Waals surface area contributed by atoms with Crippen molar-refractivity contribution in [1.82, 2.24) is 5.16 Å². The van der Waals surface area contributed by atoms with Gasteiger partial charge in [0.2, 0.25) is 20.0 Å². The lowest BCUT2D eigenvalue weighted by Crippen LogP contribution is -2.13. The first kappa shape index (κ1) is 18.3. The van der Waals surface area contributed by atoms with Crippen molar-refractivity contribution < 1.29 is 21.4 Å². The molecule has 0 aliphatic carbocycles. The molecule has 1 aromatic heterocycles. The van der Waals surface area contributed by atoms with Crippen molar-refractivity contribution >= 4 is 20.0 Å². The largest absolute Gasteiger partial charge is 0.360 e. The molecule has 0 radical (unpaired) electrons. The number of hydrogen-bond acceptors (Lipinski definition) is 6. The predicted molar refractivity (Wildman–Crippen MR) is 94.9 cm³/mol. The second-order valence-electron chi connectivity index (χ2n) is 5.57. The van der Waals surface area contributed by atoms with Gasteiger partial charge in [-0.1, -0.05) is 35.5 Å². The van der Waals surface area contributed by atoms with E-state index in [-0.39, 0.29) is 9.79 Å². The van der Waals surface area contributed by atoms with Gasteiger partial charge in [-0.3, -0.25) is 0 Å². The lowest BCUT2D eigenvalue weighted by atomic mass is 9.99. The van der Waals surface area contributed by atoms with E-state index < -0.39 is 20.0 Å². The summed E-state index contributed by atoms with van der Waals surface area (Å²) in [6.07, 6.45) is 0. The van der Waals surface area contributed by atoms with Crippen molar-refractivity contribution in [3.8, 4) is 22.4 Å². The number of aromatic nitrogens is 1. The molecule has 26 heavy (non-hydrogen) atoms. The van der Waals surface area contributed by atoms with E-state index in [0.717, 1.165) is 0 Å². The second kappa shape index (κ2) is 6.32. The minimum Gasteiger partial charge on any atom is -0.360 e. The van der Waals surface area contributed by atoms with Crippen LogP contribution in [0.4, 0.5) is 0 Å². The van der Waals surface area contributed by atoms with Crippen LogP contribution in [0.3, 0.4) is 0 Å². The van der Waals surface area contributed by atoms with Crippen LogP contribution in [0.1, 0.15) is 5.76 Å². The summed E-state index contributed by atoms with van der Waals surface area (Å²) in [6.45, 7) is 1.64. The standard InChI is InChI=1S/C16H15N3O5S2/c1-10-15(13-4-2-3-5-14(13)26(18,22)23)16(19-24-10)11-6-8-12(9-7-11)25(17,20)21/h2-9H,1H3,(H2,17,20,21)(H2,18,22,23). The van der Waals surface area contributed by atoms with E-state index in [1.807, 2.05) is 0 Å². The molecule has 0 saturated heterocycles. The van der Waals surface area contributed by atoms with Gasteiger partial charge in [0, 0.05) is 11.1 Å². The maximum Gasteiger partial charge on any atom is 0.238 e. The first-order chi connectivity index (χ1) is 12.1. The smallest absolute Gasteiger partial charge is 0.238 e. The third-order valence-electron chi connectivity index (χ3n) is 3.78. The molecule has 0 saturated carbocycles. The van der Waals surface area contributed by atoms with Gasteiger partial charge in [0.25, 0.3) is 0 Å². The molecule has 0 aliphatic heterocycles. The molecule has 0 aliphatic rings. The van der Waals surface area contributed by atoms with Crippen molar-refractivity contribution in [1.29, 1.82) is 0 Å². The minimum atomic E-state index is -3.97. The predicted octanol–water partition coefficient (Wildman–Crippen LogP) is 1.61. The van der Waals surface area contributed by atoms with E-state index in [4.69, 9.17) is 14.8 Å². The van der Waals surface area contributed by atoms with E-state index in [2.05, 4.69) is 5.16 Å². The Morgan fingerprint density at radius 3 is 2.08 bits per heavy atom. The van der Waals surface area contributed by atoms with Crippen LogP contribution in [0.5, 0.6) is 0 Å². The molecule has 0 fully saturated rings. The summed E-state index contributed by atoms with van der Waals surface area (Å²) >= 11 is 0. The molecule has 10 heteroatoms. The van der Waals surface area contributed by atoms with Gasteiger partial charge in [-0.2, -0.15) is 0 Å². The number of sulfonamides is 2. The van der Waals surface area contributed by atoms with Gasteiger partial charge in [-0.15, -0.1) is 0 Å². The van der Waals surface area contributed by atoms with Crippen LogP contribution in [-0.4, -0.2) is 22.0 Å². The van der Waals surface area contributed by atoms with Crippen LogP contribution >= 0.6 is 0 Å². The summed E-state index contributed by atoms with van der Waals surface area (Å²) in [5, 5.41) is 14.4. The van der Waals surface area contributed by atoms with Crippen molar-refractivity contribution in [2.45, 2.75) is 16.7 Å². The zero-order valence-corrected chi connectivity index (χ0v) is 15.2. The van der Waals surface area contributed by atoms with Gasteiger partial charge in [-0.25, -0.2) is 27.1 Å². The Morgan fingerprint density at radius 2 is 1.50 bits per heavy atom. The van der Waals surface area contributed by atoms with Crippen LogP contribution in [-0.2, 0) is 20.0 Å². The van der Waals surface area contributed by atoms with Gasteiger partial charge in [0.15, 0.2) is 0 Å². The summed E-state index contributed by atoms with van der Waals surface area (Å²) in [6, 6.07) is 11.9. The van der Waals surface area contributed by atoms with E-state index in [1.54, 1.807) is 25.1 Å². The van der Waals surface area contributed by atoms with Gasteiger partial charge in [-0.05, 0) is 25.1 Å². The SMILES string of the molecule is Cc1onc(-c2ccc(S(N)(=O)=O)cc2)c1-c1ccccc1S(N)(=O)=O. The summed E-state index contributed by atoms with van der Waals surface area (Å²) in [4.78, 5) is -0.110. The monoisotopic (exact) mass is 393 g/mol. The molecule has 4 N–H and O–H groups in total. The third-order valence-corrected chi connectivity index (χ3v) is 5.68. The van der Waals surface area contributed by atoms with Gasteiger partial charge >= 0.3 is 0 Å². The third kappa shape index (κ3) is 3.40. The topological polar surface area (TPSA) is 146 Å². The van der Waals surface area contributed by atoms with E-state index in [0.29, 0.717) is 28.1 Å². The summed E-state index contributed by atoms with van der Waals surface area (Å²) < 4.78 is 51.8. The van der Waals surface area contributed by atoms with Gasteiger partial charge in [0.1, 0.15) is 11.5 Å². The lowest BCUT2D eigenvalue weighted by Gasteiger charge is -2.08. The Morgan fingerprint density at radius 1 is 0.885 bits per heavy atom. The molecule has 0 amide bonds. The van der Waals surface area contributed by atoms with Crippen LogP contribution in [0.15, 0.2) is 62.8 Å². The average Bonchev–Trinajstić information content (AvgIpc) is 2.95. The zero-order chi connectivity index (χ0) is 19.1. The second-order valence-corrected chi connectivity index (χ2v) is 8.66. The Balaban J connectivity index is 2.21. The number of benzene rings is 2. The zero-order valence-electron chi connectivity index (χ0n) is 13.6. The highest BCUT2D eigenvalue weighted by Crippen LogP contribution is 2.37. The Labute approximate surface area is 150 Å². The highest BCUT2D eigenvalue weighted by molar-refractivity contribution is 7.89. The van der Waals surface area contributed by atoms with E-state index >= 15 is 0 Å². The van der Waals surface area contributed by atoms with Crippen LogP contribution in [0.2, 0.25) is 0 Å². The lowest BCUT2D eigenvalue weighted by molar-refractivity contribution is 0.400. The molecule has 136 valence electrons. The number of nitrogens with zero attached hydrogens (tertiary/aromatic N) is 1. The molecule has 0 bridgehead atoms. The maximum absolute atomic E-state index is 11.9. The first-order valence-corrected chi connectivity index (χ1v) is 10.4. The van der Waals surface area contributed by atoms with Crippen molar-refractivity contribution in [2.24, 2.45) is 10.3 Å². The fourth-order valence-corrected chi connectivity index (χ4v) is 3.87. The number of hydrogen-bond donors (Lipinski definition) is 2. The van der Waals surface area contributed by atoms with Crippen molar-refractivity contribution in [3.63, 3.8) is 0 Å². The van der Waals surface area contributed by atoms with Gasteiger partial charge in [0.05, 0.1) is 15.4 Å². The Hall–Kier alpha value is -2.53. The van der Waals surface area contributed by atoms with E-state index in [1.165, 1.54) is 30.3 Å². The van der Waals surface area contributed by atoms with E-state index in [9.17, 15) is 16.8 Å². The van der Waals surface area contributed by atoms with Crippen molar-refractivity contribution in [3.05, 3.63) is 54.3 Å². The molecule has 8 nitrogen and oxygen atoms in total. The highest BCUT2D eigenvalue weighted by Gasteiger charge is 2.23. The quantitative estimate of drug-likeness (QED) is 0.688. The van der Waals surface area contributed by atoms with Crippen molar-refractivity contribution in [2.75, 3.05) is 0 Å². The molecular weight excluding hydrogens is 378 g/mol. The molecule has 0 unspecified atom stereocenters. The fraction of sp³-hybridized carbons (Fsp3) is 0.0625. The number of nitrogens with two attached hydrogens (primary N) is 2. The molecule has 0 spiro atoms. The molecule has 2 aromatic carbocycles. The average molecular weight is 393 g/mol. The normalized spacial score (nSPS) is 12.3. The highest BCUT2D eigenvalue weighted by atomic mass is 32.2. The Kier molecular flexibility index (Phi) is 4.44. The van der Waals surface area contributed by atoms with Gasteiger partial charge < -0.3 is 4.52 Å². The molecule has 3 aromatic rings. The number of rotatable bonds is 4.